The van der Waals surface area contributed by atoms with Crippen molar-refractivity contribution in [1.82, 2.24) is 14.9 Å². The van der Waals surface area contributed by atoms with Gasteiger partial charge in [0.05, 0.1) is 0 Å². The molecule has 2 aliphatic heterocycles. The zero-order chi connectivity index (χ0) is 16.3. The number of hydrogen-bond acceptors (Lipinski definition) is 4. The molecule has 1 aromatic rings. The summed E-state index contributed by atoms with van der Waals surface area (Å²) in [5.41, 5.74) is -1.31. The van der Waals surface area contributed by atoms with Crippen LogP contribution in [0.15, 0.2) is 29.0 Å². The number of imidazole rings is 1. The summed E-state index contributed by atoms with van der Waals surface area (Å²) in [5, 5.41) is 6.17. The molecule has 0 spiro atoms. The number of sulfonamides is 1. The van der Waals surface area contributed by atoms with Crippen molar-refractivity contribution in [2.24, 2.45) is 10.6 Å². The van der Waals surface area contributed by atoms with E-state index < -0.39 is 32.5 Å². The van der Waals surface area contributed by atoms with Crippen molar-refractivity contribution in [3.63, 3.8) is 0 Å². The summed E-state index contributed by atoms with van der Waals surface area (Å²) in [4.78, 5) is 3.52. The van der Waals surface area contributed by atoms with Crippen LogP contribution in [0.4, 0.5) is 13.2 Å². The number of halogens is 3. The Kier molecular flexibility index (Phi) is 2.99. The minimum atomic E-state index is -4.34. The van der Waals surface area contributed by atoms with Gasteiger partial charge in [-0.2, -0.15) is 13.2 Å². The molecule has 1 aromatic heterocycles. The van der Waals surface area contributed by atoms with E-state index in [4.69, 9.17) is 5.14 Å². The fourth-order valence-corrected chi connectivity index (χ4v) is 3.77. The van der Waals surface area contributed by atoms with Crippen LogP contribution in [0.1, 0.15) is 12.7 Å². The maximum Gasteiger partial charge on any atom is 0.346 e. The van der Waals surface area contributed by atoms with Crippen LogP contribution in [0.3, 0.4) is 0 Å². The van der Waals surface area contributed by atoms with E-state index >= 15 is 0 Å². The van der Waals surface area contributed by atoms with Gasteiger partial charge in [0.15, 0.2) is 0 Å². The standard InChI is InChI=1S/C12H13F3N4O2S/c1-11(7-3-2-4-17-12(7,14)15)5-8-18-9(13)10(19(8)6-11)22(16,20)21/h2-4,17H,5-6H2,1H3,(H2,16,20,21). The van der Waals surface area contributed by atoms with E-state index in [9.17, 15) is 21.6 Å². The predicted octanol–water partition coefficient (Wildman–Crippen LogP) is 0.868. The van der Waals surface area contributed by atoms with Gasteiger partial charge in [0, 0.05) is 30.2 Å². The molecule has 10 heteroatoms. The van der Waals surface area contributed by atoms with Crippen LogP contribution in [0, 0.1) is 11.4 Å². The van der Waals surface area contributed by atoms with E-state index in [-0.39, 0.29) is 24.4 Å². The molecule has 0 radical (unpaired) electrons. The molecule has 120 valence electrons. The lowest BCUT2D eigenvalue weighted by molar-refractivity contribution is -0.00451. The number of fused-ring (bicyclic) bond motifs is 1. The molecule has 1 atom stereocenters. The van der Waals surface area contributed by atoms with Crippen LogP contribution >= 0.6 is 0 Å². The van der Waals surface area contributed by atoms with Crippen LogP contribution in [0.25, 0.3) is 0 Å². The Morgan fingerprint density at radius 2 is 2.14 bits per heavy atom. The molecule has 3 rings (SSSR count). The number of aromatic nitrogens is 2. The lowest BCUT2D eigenvalue weighted by atomic mass is 9.78. The number of nitrogens with two attached hydrogens (primary N) is 1. The minimum absolute atomic E-state index is 0.0175. The summed E-state index contributed by atoms with van der Waals surface area (Å²) >= 11 is 0. The molecule has 0 aliphatic carbocycles. The van der Waals surface area contributed by atoms with Crippen LogP contribution in [0.2, 0.25) is 0 Å². The Labute approximate surface area is 124 Å². The van der Waals surface area contributed by atoms with Gasteiger partial charge in [0.1, 0.15) is 5.82 Å². The zero-order valence-corrected chi connectivity index (χ0v) is 12.3. The molecule has 22 heavy (non-hydrogen) atoms. The van der Waals surface area contributed by atoms with Gasteiger partial charge < -0.3 is 9.88 Å². The SMILES string of the molecule is CC1(C2=CC=CNC2(F)F)Cc2nc(F)c(S(N)(=O)=O)n2C1. The maximum absolute atomic E-state index is 14.0. The molecule has 3 N–H and O–H groups in total. The van der Waals surface area contributed by atoms with E-state index in [1.165, 1.54) is 12.2 Å². The molecule has 0 fully saturated rings. The second-order valence-corrected chi connectivity index (χ2v) is 7.13. The number of rotatable bonds is 2. The van der Waals surface area contributed by atoms with Crippen molar-refractivity contribution in [1.29, 1.82) is 0 Å². The highest BCUT2D eigenvalue weighted by atomic mass is 32.2. The van der Waals surface area contributed by atoms with Crippen molar-refractivity contribution in [3.05, 3.63) is 35.7 Å². The smallest absolute Gasteiger partial charge is 0.330 e. The second-order valence-electron chi connectivity index (χ2n) is 5.65. The Bertz CT molecular complexity index is 813. The normalized spacial score (nSPS) is 26.5. The number of allylic oxidation sites excluding steroid dienone is 2. The highest BCUT2D eigenvalue weighted by Gasteiger charge is 2.50. The number of hydrogen-bond donors (Lipinski definition) is 2. The summed E-state index contributed by atoms with van der Waals surface area (Å²) in [6, 6.07) is -3.27. The number of alkyl halides is 2. The van der Waals surface area contributed by atoms with Crippen LogP contribution in [-0.4, -0.2) is 24.0 Å². The maximum atomic E-state index is 14.0. The molecular formula is C12H13F3N4O2S. The second kappa shape index (κ2) is 4.35. The van der Waals surface area contributed by atoms with E-state index in [0.29, 0.717) is 0 Å². The highest BCUT2D eigenvalue weighted by Crippen LogP contribution is 2.46. The summed E-state index contributed by atoms with van der Waals surface area (Å²) in [6.45, 7) is 1.40. The topological polar surface area (TPSA) is 90.0 Å². The Morgan fingerprint density at radius 1 is 1.45 bits per heavy atom. The van der Waals surface area contributed by atoms with Crippen molar-refractivity contribution in [2.45, 2.75) is 31.0 Å². The van der Waals surface area contributed by atoms with E-state index in [0.717, 1.165) is 10.8 Å². The van der Waals surface area contributed by atoms with E-state index in [1.54, 1.807) is 6.92 Å². The van der Waals surface area contributed by atoms with E-state index in [1.807, 2.05) is 5.32 Å². The molecule has 0 saturated carbocycles. The van der Waals surface area contributed by atoms with Crippen LogP contribution in [0.5, 0.6) is 0 Å². The first-order chi connectivity index (χ1) is 10.0. The van der Waals surface area contributed by atoms with Gasteiger partial charge >= 0.3 is 6.05 Å². The predicted molar refractivity (Wildman–Crippen MR) is 70.7 cm³/mol. The molecule has 1 unspecified atom stereocenters. The number of primary sulfonamides is 1. The van der Waals surface area contributed by atoms with Gasteiger partial charge in [-0.1, -0.05) is 13.0 Å². The lowest BCUT2D eigenvalue weighted by Gasteiger charge is -2.34. The Morgan fingerprint density at radius 3 is 2.73 bits per heavy atom. The molecule has 0 saturated heterocycles. The molecule has 3 heterocycles. The number of nitrogens with one attached hydrogen (secondary N) is 1. The van der Waals surface area contributed by atoms with Crippen molar-refractivity contribution >= 4 is 10.0 Å². The molecule has 0 bridgehead atoms. The summed E-state index contributed by atoms with van der Waals surface area (Å²) in [7, 11) is -4.34. The van der Waals surface area contributed by atoms with Gasteiger partial charge in [-0.05, 0) is 6.08 Å². The average Bonchev–Trinajstić information content (AvgIpc) is 2.78. The molecular weight excluding hydrogens is 321 g/mol. The number of dihydropyridines is 1. The average molecular weight is 334 g/mol. The third kappa shape index (κ3) is 2.13. The Balaban J connectivity index is 2.07. The fourth-order valence-electron chi connectivity index (χ4n) is 3.01. The third-order valence-corrected chi connectivity index (χ3v) is 4.83. The van der Waals surface area contributed by atoms with Gasteiger partial charge in [-0.15, -0.1) is 0 Å². The van der Waals surface area contributed by atoms with Crippen molar-refractivity contribution in [3.8, 4) is 0 Å². The highest BCUT2D eigenvalue weighted by molar-refractivity contribution is 7.89. The first kappa shape index (κ1) is 15.1. The zero-order valence-electron chi connectivity index (χ0n) is 11.5. The summed E-state index contributed by atoms with van der Waals surface area (Å²) in [5.74, 6) is -1.13. The van der Waals surface area contributed by atoms with Crippen LogP contribution < -0.4 is 10.5 Å². The van der Waals surface area contributed by atoms with Crippen LogP contribution in [-0.2, 0) is 23.0 Å². The van der Waals surface area contributed by atoms with Gasteiger partial charge in [0.2, 0.25) is 5.03 Å². The number of nitrogens with zero attached hydrogens (tertiary/aromatic N) is 2. The molecule has 0 amide bonds. The van der Waals surface area contributed by atoms with Gasteiger partial charge in [-0.25, -0.2) is 18.5 Å². The quantitative estimate of drug-likeness (QED) is 0.785. The molecule has 6 nitrogen and oxygen atoms in total. The third-order valence-electron chi connectivity index (χ3n) is 3.90. The molecule has 2 aliphatic rings. The molecule has 0 aromatic carbocycles. The minimum Gasteiger partial charge on any atom is -0.330 e. The first-order valence-electron chi connectivity index (χ1n) is 6.36. The Hall–Kier alpha value is -1.81. The van der Waals surface area contributed by atoms with Crippen molar-refractivity contribution < 1.29 is 21.6 Å². The summed E-state index contributed by atoms with van der Waals surface area (Å²) < 4.78 is 65.7. The lowest BCUT2D eigenvalue weighted by Crippen LogP contribution is -2.43. The van der Waals surface area contributed by atoms with Gasteiger partial charge in [-0.3, -0.25) is 0 Å². The fraction of sp³-hybridized carbons (Fsp3) is 0.417. The first-order valence-corrected chi connectivity index (χ1v) is 7.90. The van der Waals surface area contributed by atoms with Crippen molar-refractivity contribution in [2.75, 3.05) is 0 Å². The monoisotopic (exact) mass is 334 g/mol. The largest absolute Gasteiger partial charge is 0.346 e. The van der Waals surface area contributed by atoms with E-state index in [2.05, 4.69) is 4.98 Å². The van der Waals surface area contributed by atoms with Gasteiger partial charge in [0.25, 0.3) is 16.0 Å². The summed E-state index contributed by atoms with van der Waals surface area (Å²) in [6.07, 6.45) is 3.81.